The molecule has 0 saturated carbocycles. The van der Waals surface area contributed by atoms with Gasteiger partial charge in [-0.1, -0.05) is 20.8 Å². The van der Waals surface area contributed by atoms with Crippen LogP contribution in [0.5, 0.6) is 0 Å². The molecule has 2 aromatic rings. The molecule has 0 aromatic carbocycles. The highest BCUT2D eigenvalue weighted by molar-refractivity contribution is 7.09. The fraction of sp³-hybridized carbons (Fsp3) is 0.533. The Hall–Kier alpha value is -1.69. The van der Waals surface area contributed by atoms with E-state index < -0.39 is 0 Å². The number of nitrogens with zero attached hydrogens (tertiary/aromatic N) is 3. The van der Waals surface area contributed by atoms with E-state index in [1.807, 2.05) is 11.6 Å². The summed E-state index contributed by atoms with van der Waals surface area (Å²) in [6.07, 6.45) is 4.42. The van der Waals surface area contributed by atoms with E-state index in [-0.39, 0.29) is 6.04 Å². The molecule has 21 heavy (non-hydrogen) atoms. The van der Waals surface area contributed by atoms with Gasteiger partial charge in [-0.15, -0.1) is 11.3 Å². The zero-order valence-electron chi connectivity index (χ0n) is 13.1. The van der Waals surface area contributed by atoms with Crippen molar-refractivity contribution in [2.45, 2.75) is 46.1 Å². The van der Waals surface area contributed by atoms with Crippen LogP contribution in [-0.2, 0) is 0 Å². The van der Waals surface area contributed by atoms with Crippen LogP contribution >= 0.6 is 11.3 Å². The van der Waals surface area contributed by atoms with Gasteiger partial charge in [-0.3, -0.25) is 0 Å². The molecule has 0 aliphatic heterocycles. The lowest BCUT2D eigenvalue weighted by molar-refractivity contribution is 0.729. The summed E-state index contributed by atoms with van der Waals surface area (Å²) in [6.45, 7) is 9.40. The zero-order chi connectivity index (χ0) is 15.2. The summed E-state index contributed by atoms with van der Waals surface area (Å²) in [5.74, 6) is 2.16. The van der Waals surface area contributed by atoms with Crippen LogP contribution in [0.25, 0.3) is 0 Å². The zero-order valence-corrected chi connectivity index (χ0v) is 13.9. The molecule has 1 unspecified atom stereocenters. The van der Waals surface area contributed by atoms with E-state index in [0.717, 1.165) is 35.2 Å². The Morgan fingerprint density at radius 1 is 1.14 bits per heavy atom. The molecule has 0 radical (unpaired) electrons. The van der Waals surface area contributed by atoms with Crippen LogP contribution in [-0.4, -0.2) is 21.5 Å². The lowest BCUT2D eigenvalue weighted by Crippen LogP contribution is -2.15. The Labute approximate surface area is 130 Å². The quantitative estimate of drug-likeness (QED) is 0.808. The molecule has 2 N–H and O–H groups in total. The van der Waals surface area contributed by atoms with Gasteiger partial charge in [0.15, 0.2) is 0 Å². The van der Waals surface area contributed by atoms with Crippen molar-refractivity contribution in [3.05, 3.63) is 28.5 Å². The second kappa shape index (κ2) is 7.36. The van der Waals surface area contributed by atoms with E-state index in [4.69, 9.17) is 0 Å². The standard InChI is InChI=1S/C15H23N5S/c1-5-11(15-17-7-8-21-15)20-14-12(10(3)4)13(16-6-2)18-9-19-14/h7-11H,5-6H2,1-4H3,(H2,16,18,19,20). The highest BCUT2D eigenvalue weighted by Gasteiger charge is 2.19. The van der Waals surface area contributed by atoms with E-state index in [1.54, 1.807) is 17.7 Å². The molecule has 0 aliphatic rings. The molecule has 0 spiro atoms. The second-order valence-corrected chi connectivity index (χ2v) is 6.07. The number of nitrogens with one attached hydrogen (secondary N) is 2. The molecule has 2 rings (SSSR count). The largest absolute Gasteiger partial charge is 0.370 e. The highest BCUT2D eigenvalue weighted by atomic mass is 32.1. The smallest absolute Gasteiger partial charge is 0.135 e. The van der Waals surface area contributed by atoms with Crippen molar-refractivity contribution >= 4 is 23.0 Å². The number of anilines is 2. The summed E-state index contributed by atoms with van der Waals surface area (Å²) < 4.78 is 0. The number of hydrogen-bond donors (Lipinski definition) is 2. The Balaban J connectivity index is 2.32. The molecule has 2 aromatic heterocycles. The molecule has 2 heterocycles. The van der Waals surface area contributed by atoms with Gasteiger partial charge >= 0.3 is 0 Å². The monoisotopic (exact) mass is 305 g/mol. The molecule has 0 aliphatic carbocycles. The van der Waals surface area contributed by atoms with Crippen LogP contribution in [0.1, 0.15) is 56.6 Å². The minimum Gasteiger partial charge on any atom is -0.370 e. The van der Waals surface area contributed by atoms with Crippen LogP contribution in [0.4, 0.5) is 11.6 Å². The van der Waals surface area contributed by atoms with E-state index >= 15 is 0 Å². The van der Waals surface area contributed by atoms with Crippen molar-refractivity contribution in [2.24, 2.45) is 0 Å². The van der Waals surface area contributed by atoms with Crippen molar-refractivity contribution in [3.63, 3.8) is 0 Å². The first-order valence-corrected chi connectivity index (χ1v) is 8.29. The average Bonchev–Trinajstić information content (AvgIpc) is 2.99. The minimum atomic E-state index is 0.187. The van der Waals surface area contributed by atoms with Crippen molar-refractivity contribution < 1.29 is 0 Å². The third kappa shape index (κ3) is 3.69. The summed E-state index contributed by atoms with van der Waals surface area (Å²) in [5, 5.41) is 9.96. The van der Waals surface area contributed by atoms with Crippen molar-refractivity contribution in [2.75, 3.05) is 17.2 Å². The summed E-state index contributed by atoms with van der Waals surface area (Å²) in [4.78, 5) is 13.2. The predicted molar refractivity (Wildman–Crippen MR) is 89.1 cm³/mol. The molecule has 114 valence electrons. The van der Waals surface area contributed by atoms with Gasteiger partial charge in [0.05, 0.1) is 6.04 Å². The first-order chi connectivity index (χ1) is 10.2. The average molecular weight is 305 g/mol. The van der Waals surface area contributed by atoms with Crippen LogP contribution in [0.3, 0.4) is 0 Å². The summed E-state index contributed by atoms with van der Waals surface area (Å²) in [7, 11) is 0. The number of aromatic nitrogens is 3. The van der Waals surface area contributed by atoms with Gasteiger partial charge in [-0.25, -0.2) is 15.0 Å². The van der Waals surface area contributed by atoms with E-state index in [0.29, 0.717) is 5.92 Å². The maximum atomic E-state index is 4.46. The van der Waals surface area contributed by atoms with Crippen LogP contribution < -0.4 is 10.6 Å². The van der Waals surface area contributed by atoms with Gasteiger partial charge in [0, 0.05) is 23.7 Å². The molecular weight excluding hydrogens is 282 g/mol. The highest BCUT2D eigenvalue weighted by Crippen LogP contribution is 2.31. The van der Waals surface area contributed by atoms with Crippen LogP contribution in [0.2, 0.25) is 0 Å². The second-order valence-electron chi connectivity index (χ2n) is 5.15. The number of thiazole rings is 1. The van der Waals surface area contributed by atoms with Gasteiger partial charge in [-0.05, 0) is 19.3 Å². The van der Waals surface area contributed by atoms with E-state index in [2.05, 4.69) is 53.3 Å². The fourth-order valence-corrected chi connectivity index (χ4v) is 3.05. The van der Waals surface area contributed by atoms with Crippen molar-refractivity contribution in [1.82, 2.24) is 15.0 Å². The Morgan fingerprint density at radius 2 is 1.90 bits per heavy atom. The van der Waals surface area contributed by atoms with Crippen LogP contribution in [0.15, 0.2) is 17.9 Å². The van der Waals surface area contributed by atoms with Crippen LogP contribution in [0, 0.1) is 0 Å². The molecule has 6 heteroatoms. The molecule has 0 saturated heterocycles. The summed E-state index contributed by atoms with van der Waals surface area (Å²) in [6, 6.07) is 0.187. The Kier molecular flexibility index (Phi) is 5.50. The lowest BCUT2D eigenvalue weighted by Gasteiger charge is -2.21. The third-order valence-electron chi connectivity index (χ3n) is 3.27. The van der Waals surface area contributed by atoms with Gasteiger partial charge in [0.25, 0.3) is 0 Å². The normalized spacial score (nSPS) is 12.4. The third-order valence-corrected chi connectivity index (χ3v) is 4.16. The summed E-state index contributed by atoms with van der Waals surface area (Å²) >= 11 is 1.67. The van der Waals surface area contributed by atoms with Crippen molar-refractivity contribution in [1.29, 1.82) is 0 Å². The molecular formula is C15H23N5S. The first-order valence-electron chi connectivity index (χ1n) is 7.42. The molecule has 1 atom stereocenters. The molecule has 0 bridgehead atoms. The maximum absolute atomic E-state index is 4.46. The molecule has 0 fully saturated rings. The lowest BCUT2D eigenvalue weighted by atomic mass is 10.0. The van der Waals surface area contributed by atoms with E-state index in [9.17, 15) is 0 Å². The minimum absolute atomic E-state index is 0.187. The maximum Gasteiger partial charge on any atom is 0.135 e. The van der Waals surface area contributed by atoms with Gasteiger partial charge in [0.1, 0.15) is 23.0 Å². The Morgan fingerprint density at radius 3 is 2.48 bits per heavy atom. The van der Waals surface area contributed by atoms with Gasteiger partial charge in [-0.2, -0.15) is 0 Å². The molecule has 0 amide bonds. The van der Waals surface area contributed by atoms with Gasteiger partial charge in [0.2, 0.25) is 0 Å². The molecule has 5 nitrogen and oxygen atoms in total. The van der Waals surface area contributed by atoms with E-state index in [1.165, 1.54) is 0 Å². The predicted octanol–water partition coefficient (Wildman–Crippen LogP) is 4.05. The summed E-state index contributed by atoms with van der Waals surface area (Å²) in [5.41, 5.74) is 1.13. The fourth-order valence-electron chi connectivity index (χ4n) is 2.28. The Bertz CT molecular complexity index is 553. The van der Waals surface area contributed by atoms with Gasteiger partial charge < -0.3 is 10.6 Å². The first kappa shape index (κ1) is 15.7. The SMILES string of the molecule is CCNc1ncnc(NC(CC)c2nccs2)c1C(C)C. The topological polar surface area (TPSA) is 62.7 Å². The van der Waals surface area contributed by atoms with Crippen molar-refractivity contribution in [3.8, 4) is 0 Å². The number of hydrogen-bond acceptors (Lipinski definition) is 6. The number of rotatable bonds is 7.